The zero-order valence-electron chi connectivity index (χ0n) is 11.8. The second-order valence-electron chi connectivity index (χ2n) is 5.94. The Morgan fingerprint density at radius 3 is 2.25 bits per heavy atom. The third-order valence-electron chi connectivity index (χ3n) is 4.07. The highest BCUT2D eigenvalue weighted by atomic mass is 79.9. The van der Waals surface area contributed by atoms with Crippen LogP contribution >= 0.6 is 15.9 Å². The third-order valence-corrected chi connectivity index (χ3v) is 4.60. The molecule has 0 aromatic heterocycles. The number of hydrogen-bond donors (Lipinski definition) is 1. The van der Waals surface area contributed by atoms with E-state index < -0.39 is 23.2 Å². The zero-order valence-corrected chi connectivity index (χ0v) is 13.3. The van der Waals surface area contributed by atoms with Gasteiger partial charge in [-0.15, -0.1) is 0 Å². The van der Waals surface area contributed by atoms with Gasteiger partial charge in [0, 0.05) is 18.1 Å². The number of benzene rings is 1. The summed E-state index contributed by atoms with van der Waals surface area (Å²) in [4.78, 5) is 25.1. The molecule has 0 saturated heterocycles. The molecule has 1 aromatic rings. The van der Waals surface area contributed by atoms with Gasteiger partial charge in [-0.2, -0.15) is 0 Å². The number of aliphatic carboxylic acids is 1. The van der Waals surface area contributed by atoms with Gasteiger partial charge in [0.05, 0.1) is 11.8 Å². The molecule has 108 valence electrons. The van der Waals surface area contributed by atoms with Gasteiger partial charge in [0.1, 0.15) is 0 Å². The number of carbonyl (C=O) groups is 2. The molecule has 4 nitrogen and oxygen atoms in total. The van der Waals surface area contributed by atoms with E-state index in [1.807, 2.05) is 38.1 Å². The molecule has 1 aliphatic rings. The maximum atomic E-state index is 12.4. The summed E-state index contributed by atoms with van der Waals surface area (Å²) in [5.41, 5.74) is 0.575. The van der Waals surface area contributed by atoms with Gasteiger partial charge in [0.15, 0.2) is 0 Å². The first-order chi connectivity index (χ1) is 9.25. The summed E-state index contributed by atoms with van der Waals surface area (Å²) in [6.45, 7) is 4.16. The SMILES string of the molecule is CN(Cc1ccc(Br)cc1)C(=O)C1C(C(=O)O)C1(C)C. The summed E-state index contributed by atoms with van der Waals surface area (Å²) in [6, 6.07) is 7.74. The molecule has 2 rings (SSSR count). The van der Waals surface area contributed by atoms with Crippen molar-refractivity contribution in [2.24, 2.45) is 17.3 Å². The first-order valence-electron chi connectivity index (χ1n) is 6.47. The molecule has 0 bridgehead atoms. The highest BCUT2D eigenvalue weighted by Gasteiger charge is 2.66. The van der Waals surface area contributed by atoms with Gasteiger partial charge >= 0.3 is 5.97 Å². The number of rotatable bonds is 4. The maximum absolute atomic E-state index is 12.4. The first-order valence-corrected chi connectivity index (χ1v) is 7.26. The molecule has 20 heavy (non-hydrogen) atoms. The van der Waals surface area contributed by atoms with Crippen LogP contribution in [0.1, 0.15) is 19.4 Å². The van der Waals surface area contributed by atoms with Gasteiger partial charge in [-0.25, -0.2) is 0 Å². The highest BCUT2D eigenvalue weighted by Crippen LogP contribution is 2.58. The highest BCUT2D eigenvalue weighted by molar-refractivity contribution is 9.10. The Hall–Kier alpha value is -1.36. The van der Waals surface area contributed by atoms with Crippen LogP contribution in [0.2, 0.25) is 0 Å². The Morgan fingerprint density at radius 1 is 1.25 bits per heavy atom. The fourth-order valence-corrected chi connectivity index (χ4v) is 3.00. The molecule has 1 N–H and O–H groups in total. The van der Waals surface area contributed by atoms with Gasteiger partial charge in [-0.3, -0.25) is 9.59 Å². The number of nitrogens with zero attached hydrogens (tertiary/aromatic N) is 1. The van der Waals surface area contributed by atoms with Crippen molar-refractivity contribution in [3.63, 3.8) is 0 Å². The maximum Gasteiger partial charge on any atom is 0.307 e. The fraction of sp³-hybridized carbons (Fsp3) is 0.467. The van der Waals surface area contributed by atoms with Crippen molar-refractivity contribution in [2.45, 2.75) is 20.4 Å². The molecule has 1 saturated carbocycles. The summed E-state index contributed by atoms with van der Waals surface area (Å²) in [5.74, 6) is -1.96. The first kappa shape index (κ1) is 15.0. The second-order valence-corrected chi connectivity index (χ2v) is 6.85. The minimum atomic E-state index is -0.884. The molecule has 1 aliphatic carbocycles. The number of hydrogen-bond acceptors (Lipinski definition) is 2. The van der Waals surface area contributed by atoms with E-state index in [9.17, 15) is 9.59 Å². The van der Waals surface area contributed by atoms with E-state index in [1.54, 1.807) is 11.9 Å². The van der Waals surface area contributed by atoms with Gasteiger partial charge < -0.3 is 10.0 Å². The lowest BCUT2D eigenvalue weighted by atomic mass is 10.1. The van der Waals surface area contributed by atoms with E-state index in [0.29, 0.717) is 6.54 Å². The van der Waals surface area contributed by atoms with Crippen LogP contribution in [0.3, 0.4) is 0 Å². The predicted octanol–water partition coefficient (Wildman–Crippen LogP) is 2.76. The van der Waals surface area contributed by atoms with E-state index in [2.05, 4.69) is 15.9 Å². The number of carboxylic acids is 1. The third kappa shape index (κ3) is 2.73. The molecule has 0 spiro atoms. The number of carboxylic acid groups (broad SMARTS) is 1. The van der Waals surface area contributed by atoms with E-state index in [1.165, 1.54) is 0 Å². The lowest BCUT2D eigenvalue weighted by Crippen LogP contribution is -2.29. The summed E-state index contributed by atoms with van der Waals surface area (Å²) in [7, 11) is 1.72. The molecule has 0 heterocycles. The van der Waals surface area contributed by atoms with Crippen molar-refractivity contribution in [3.8, 4) is 0 Å². The van der Waals surface area contributed by atoms with E-state index in [4.69, 9.17) is 5.11 Å². The normalized spacial score (nSPS) is 23.2. The fourth-order valence-electron chi connectivity index (χ4n) is 2.74. The lowest BCUT2D eigenvalue weighted by Gasteiger charge is -2.18. The van der Waals surface area contributed by atoms with Gasteiger partial charge in [-0.1, -0.05) is 41.9 Å². The van der Waals surface area contributed by atoms with Crippen LogP contribution in [-0.2, 0) is 16.1 Å². The lowest BCUT2D eigenvalue weighted by molar-refractivity contribution is -0.141. The van der Waals surface area contributed by atoms with E-state index >= 15 is 0 Å². The molecule has 5 heteroatoms. The largest absolute Gasteiger partial charge is 0.481 e. The van der Waals surface area contributed by atoms with Crippen molar-refractivity contribution in [2.75, 3.05) is 7.05 Å². The zero-order chi connectivity index (χ0) is 15.1. The summed E-state index contributed by atoms with van der Waals surface area (Å²) >= 11 is 3.37. The number of amides is 1. The van der Waals surface area contributed by atoms with Crippen LogP contribution in [0.15, 0.2) is 28.7 Å². The molecular formula is C15H18BrNO3. The van der Waals surface area contributed by atoms with Crippen molar-refractivity contribution in [1.82, 2.24) is 4.90 Å². The predicted molar refractivity (Wildman–Crippen MR) is 79.0 cm³/mol. The van der Waals surface area contributed by atoms with Crippen LogP contribution in [0.4, 0.5) is 0 Å². The average Bonchev–Trinajstić information content (AvgIpc) is 2.94. The monoisotopic (exact) mass is 339 g/mol. The molecule has 1 amide bonds. The molecule has 1 aromatic carbocycles. The van der Waals surface area contributed by atoms with Crippen LogP contribution in [0, 0.1) is 17.3 Å². The Kier molecular flexibility index (Phi) is 3.91. The van der Waals surface area contributed by atoms with Crippen LogP contribution in [0.25, 0.3) is 0 Å². The minimum absolute atomic E-state index is 0.0923. The van der Waals surface area contributed by atoms with Crippen molar-refractivity contribution in [1.29, 1.82) is 0 Å². The molecule has 0 radical (unpaired) electrons. The Morgan fingerprint density at radius 2 is 1.80 bits per heavy atom. The van der Waals surface area contributed by atoms with E-state index in [0.717, 1.165) is 10.0 Å². The minimum Gasteiger partial charge on any atom is -0.481 e. The Labute approximate surface area is 126 Å². The summed E-state index contributed by atoms with van der Waals surface area (Å²) < 4.78 is 0.990. The van der Waals surface area contributed by atoms with Crippen molar-refractivity contribution >= 4 is 27.8 Å². The van der Waals surface area contributed by atoms with Crippen molar-refractivity contribution < 1.29 is 14.7 Å². The number of carbonyl (C=O) groups excluding carboxylic acids is 1. The summed E-state index contributed by atoms with van der Waals surface area (Å²) in [6.07, 6.45) is 0. The standard InChI is InChI=1S/C15H18BrNO3/c1-15(2)11(12(15)14(19)20)13(18)17(3)8-9-4-6-10(16)7-5-9/h4-7,11-12H,8H2,1-3H3,(H,19,20). The molecule has 0 aliphatic heterocycles. The van der Waals surface area contributed by atoms with Gasteiger partial charge in [-0.05, 0) is 23.1 Å². The van der Waals surface area contributed by atoms with E-state index in [-0.39, 0.29) is 5.91 Å². The molecule has 1 fully saturated rings. The number of halogens is 1. The van der Waals surface area contributed by atoms with Crippen LogP contribution in [0.5, 0.6) is 0 Å². The second kappa shape index (κ2) is 5.20. The quantitative estimate of drug-likeness (QED) is 0.917. The van der Waals surface area contributed by atoms with Gasteiger partial charge in [0.25, 0.3) is 0 Å². The van der Waals surface area contributed by atoms with Crippen LogP contribution < -0.4 is 0 Å². The smallest absolute Gasteiger partial charge is 0.307 e. The van der Waals surface area contributed by atoms with Crippen LogP contribution in [-0.4, -0.2) is 28.9 Å². The van der Waals surface area contributed by atoms with Crippen molar-refractivity contribution in [3.05, 3.63) is 34.3 Å². The Balaban J connectivity index is 2.03. The average molecular weight is 340 g/mol. The molecule has 2 atom stereocenters. The molecular weight excluding hydrogens is 322 g/mol. The topological polar surface area (TPSA) is 57.6 Å². The Bertz CT molecular complexity index is 539. The van der Waals surface area contributed by atoms with Gasteiger partial charge in [0.2, 0.25) is 5.91 Å². The molecule has 2 unspecified atom stereocenters. The summed E-state index contributed by atoms with van der Waals surface area (Å²) in [5, 5.41) is 9.13.